The van der Waals surface area contributed by atoms with E-state index in [4.69, 9.17) is 4.74 Å². The minimum absolute atomic E-state index is 0.194. The van der Waals surface area contributed by atoms with Crippen molar-refractivity contribution in [1.82, 2.24) is 0 Å². The fourth-order valence-electron chi connectivity index (χ4n) is 1.36. The smallest absolute Gasteiger partial charge is 0.122 e. The average molecular weight is 257 g/mol. The predicted octanol–water partition coefficient (Wildman–Crippen LogP) is 3.15. The van der Waals surface area contributed by atoms with Gasteiger partial charge in [-0.3, -0.25) is 0 Å². The number of aldehydes is 1. The molecule has 0 aliphatic heterocycles. The van der Waals surface area contributed by atoms with E-state index in [9.17, 15) is 4.79 Å². The lowest BCUT2D eigenvalue weighted by molar-refractivity contribution is -0.108. The van der Waals surface area contributed by atoms with Crippen molar-refractivity contribution in [3.05, 3.63) is 28.2 Å². The molecule has 0 aromatic heterocycles. The Bertz CT molecular complexity index is 323. The maximum absolute atomic E-state index is 10.4. The molecule has 0 saturated heterocycles. The second-order valence-electron chi connectivity index (χ2n) is 3.19. The van der Waals surface area contributed by atoms with E-state index < -0.39 is 0 Å². The molecule has 0 heterocycles. The summed E-state index contributed by atoms with van der Waals surface area (Å²) in [7, 11) is 1.64. The van der Waals surface area contributed by atoms with Crippen LogP contribution < -0.4 is 4.74 Å². The van der Waals surface area contributed by atoms with Crippen molar-refractivity contribution in [2.45, 2.75) is 19.3 Å². The van der Waals surface area contributed by atoms with Gasteiger partial charge in [0.15, 0.2) is 0 Å². The molecule has 0 saturated carbocycles. The number of benzene rings is 1. The van der Waals surface area contributed by atoms with Gasteiger partial charge in [-0.05, 0) is 29.7 Å². The van der Waals surface area contributed by atoms with Gasteiger partial charge in [-0.15, -0.1) is 0 Å². The third-order valence-corrected chi connectivity index (χ3v) is 2.67. The second kappa shape index (κ2) is 5.15. The molecule has 3 heteroatoms. The van der Waals surface area contributed by atoms with Crippen LogP contribution in [0.4, 0.5) is 0 Å². The van der Waals surface area contributed by atoms with Crippen LogP contribution in [0.5, 0.6) is 5.75 Å². The van der Waals surface area contributed by atoms with Crippen molar-refractivity contribution in [2.24, 2.45) is 0 Å². The molecule has 1 atom stereocenters. The van der Waals surface area contributed by atoms with E-state index in [1.165, 1.54) is 0 Å². The van der Waals surface area contributed by atoms with Crippen LogP contribution in [0.15, 0.2) is 22.7 Å². The lowest BCUT2D eigenvalue weighted by atomic mass is 9.97. The summed E-state index contributed by atoms with van der Waals surface area (Å²) >= 11 is 3.40. The number of halogens is 1. The van der Waals surface area contributed by atoms with Gasteiger partial charge in [0.1, 0.15) is 12.0 Å². The summed E-state index contributed by atoms with van der Waals surface area (Å²) in [5.74, 6) is 1.03. The number of carbonyl (C=O) groups excluding carboxylic acids is 1. The minimum atomic E-state index is 0.194. The number of hydrogen-bond donors (Lipinski definition) is 0. The zero-order chi connectivity index (χ0) is 10.6. The summed E-state index contributed by atoms with van der Waals surface area (Å²) in [6.45, 7) is 2.01. The Morgan fingerprint density at radius 1 is 1.57 bits per heavy atom. The van der Waals surface area contributed by atoms with E-state index in [1.54, 1.807) is 7.11 Å². The van der Waals surface area contributed by atoms with E-state index in [0.717, 1.165) is 22.1 Å². The SMILES string of the molecule is COc1ccc(Br)cc1C(C)CC=O. The van der Waals surface area contributed by atoms with Gasteiger partial charge in [-0.25, -0.2) is 0 Å². The summed E-state index contributed by atoms with van der Waals surface area (Å²) in [4.78, 5) is 10.4. The maximum atomic E-state index is 10.4. The van der Waals surface area contributed by atoms with Crippen molar-refractivity contribution in [2.75, 3.05) is 7.11 Å². The molecule has 76 valence electrons. The highest BCUT2D eigenvalue weighted by atomic mass is 79.9. The zero-order valence-corrected chi connectivity index (χ0v) is 9.87. The molecule has 0 amide bonds. The Kier molecular flexibility index (Phi) is 4.14. The Morgan fingerprint density at radius 3 is 2.86 bits per heavy atom. The van der Waals surface area contributed by atoms with Gasteiger partial charge in [-0.2, -0.15) is 0 Å². The Labute approximate surface area is 92.4 Å². The number of ether oxygens (including phenoxy) is 1. The third kappa shape index (κ3) is 2.58. The highest BCUT2D eigenvalue weighted by Gasteiger charge is 2.11. The van der Waals surface area contributed by atoms with Crippen LogP contribution in [0.25, 0.3) is 0 Å². The number of rotatable bonds is 4. The molecule has 0 N–H and O–H groups in total. The number of carbonyl (C=O) groups is 1. The monoisotopic (exact) mass is 256 g/mol. The summed E-state index contributed by atoms with van der Waals surface area (Å²) in [6.07, 6.45) is 1.46. The van der Waals surface area contributed by atoms with Gasteiger partial charge in [0.05, 0.1) is 7.11 Å². The van der Waals surface area contributed by atoms with Crippen molar-refractivity contribution in [1.29, 1.82) is 0 Å². The first-order chi connectivity index (χ1) is 6.69. The van der Waals surface area contributed by atoms with Gasteiger partial charge in [-0.1, -0.05) is 22.9 Å². The van der Waals surface area contributed by atoms with Crippen LogP contribution in [0.1, 0.15) is 24.8 Å². The molecule has 0 aliphatic rings. The molecule has 0 bridgehead atoms. The van der Waals surface area contributed by atoms with Gasteiger partial charge < -0.3 is 9.53 Å². The number of methoxy groups -OCH3 is 1. The minimum Gasteiger partial charge on any atom is -0.496 e. The molecular formula is C11H13BrO2. The van der Waals surface area contributed by atoms with Crippen LogP contribution in [-0.4, -0.2) is 13.4 Å². The summed E-state index contributed by atoms with van der Waals surface area (Å²) < 4.78 is 6.24. The molecule has 0 radical (unpaired) electrons. The van der Waals surface area contributed by atoms with Gasteiger partial charge in [0.2, 0.25) is 0 Å². The van der Waals surface area contributed by atoms with Crippen LogP contribution in [0.3, 0.4) is 0 Å². The molecule has 14 heavy (non-hydrogen) atoms. The standard InChI is InChI=1S/C11H13BrO2/c1-8(5-6-13)10-7-9(12)3-4-11(10)14-2/h3-4,6-8H,5H2,1-2H3. The zero-order valence-electron chi connectivity index (χ0n) is 8.29. The van der Waals surface area contributed by atoms with Crippen LogP contribution in [-0.2, 0) is 4.79 Å². The summed E-state index contributed by atoms with van der Waals surface area (Å²) in [5.41, 5.74) is 1.06. The van der Waals surface area contributed by atoms with Crippen LogP contribution >= 0.6 is 15.9 Å². The maximum Gasteiger partial charge on any atom is 0.122 e. The topological polar surface area (TPSA) is 26.3 Å². The predicted molar refractivity (Wildman–Crippen MR) is 59.8 cm³/mol. The fraction of sp³-hybridized carbons (Fsp3) is 0.364. The van der Waals surface area contributed by atoms with E-state index >= 15 is 0 Å². The van der Waals surface area contributed by atoms with E-state index in [2.05, 4.69) is 15.9 Å². The Morgan fingerprint density at radius 2 is 2.29 bits per heavy atom. The van der Waals surface area contributed by atoms with Crippen molar-refractivity contribution in [3.8, 4) is 5.75 Å². The summed E-state index contributed by atoms with van der Waals surface area (Å²) in [6, 6.07) is 5.82. The molecule has 1 unspecified atom stereocenters. The molecular weight excluding hydrogens is 244 g/mol. The summed E-state index contributed by atoms with van der Waals surface area (Å²) in [5, 5.41) is 0. The van der Waals surface area contributed by atoms with Gasteiger partial charge >= 0.3 is 0 Å². The first-order valence-corrected chi connectivity index (χ1v) is 5.25. The lowest BCUT2D eigenvalue weighted by Crippen LogP contribution is -1.98. The quantitative estimate of drug-likeness (QED) is 0.774. The molecule has 0 fully saturated rings. The molecule has 1 aromatic carbocycles. The lowest BCUT2D eigenvalue weighted by Gasteiger charge is -2.13. The second-order valence-corrected chi connectivity index (χ2v) is 4.11. The van der Waals surface area contributed by atoms with Crippen molar-refractivity contribution in [3.63, 3.8) is 0 Å². The molecule has 0 aliphatic carbocycles. The van der Waals surface area contributed by atoms with E-state index in [-0.39, 0.29) is 5.92 Å². The largest absolute Gasteiger partial charge is 0.496 e. The normalized spacial score (nSPS) is 12.2. The van der Waals surface area contributed by atoms with E-state index in [1.807, 2.05) is 25.1 Å². The first-order valence-electron chi connectivity index (χ1n) is 4.46. The number of hydrogen-bond acceptors (Lipinski definition) is 2. The first kappa shape index (κ1) is 11.2. The fourth-order valence-corrected chi connectivity index (χ4v) is 1.74. The molecule has 0 spiro atoms. The van der Waals surface area contributed by atoms with E-state index in [0.29, 0.717) is 6.42 Å². The van der Waals surface area contributed by atoms with Crippen LogP contribution in [0, 0.1) is 0 Å². The highest BCUT2D eigenvalue weighted by molar-refractivity contribution is 9.10. The molecule has 2 nitrogen and oxygen atoms in total. The molecule has 1 aromatic rings. The Balaban J connectivity index is 3.02. The highest BCUT2D eigenvalue weighted by Crippen LogP contribution is 2.30. The van der Waals surface area contributed by atoms with Crippen molar-refractivity contribution >= 4 is 22.2 Å². The molecule has 1 rings (SSSR count). The Hall–Kier alpha value is -0.830. The average Bonchev–Trinajstić information content (AvgIpc) is 2.18. The van der Waals surface area contributed by atoms with Gasteiger partial charge in [0, 0.05) is 10.9 Å². The third-order valence-electron chi connectivity index (χ3n) is 2.17. The van der Waals surface area contributed by atoms with Crippen molar-refractivity contribution < 1.29 is 9.53 Å². The van der Waals surface area contributed by atoms with Crippen LogP contribution in [0.2, 0.25) is 0 Å². The van der Waals surface area contributed by atoms with Gasteiger partial charge in [0.25, 0.3) is 0 Å².